The van der Waals surface area contributed by atoms with Crippen molar-refractivity contribution in [2.45, 2.75) is 0 Å². The highest BCUT2D eigenvalue weighted by Crippen LogP contribution is 2.23. The molecule has 92 valence electrons. The third-order valence-corrected chi connectivity index (χ3v) is 3.14. The van der Waals surface area contributed by atoms with Crippen LogP contribution < -0.4 is 5.32 Å². The normalized spacial score (nSPS) is 11.6. The Morgan fingerprint density at radius 1 is 1.22 bits per heavy atom. The number of nitrogens with zero attached hydrogens (tertiary/aromatic N) is 1. The number of hydrogen-bond donors (Lipinski definition) is 1. The van der Waals surface area contributed by atoms with E-state index in [1.165, 1.54) is 5.56 Å². The number of halogens is 1. The molecule has 0 aliphatic carbocycles. The van der Waals surface area contributed by atoms with E-state index in [1.54, 1.807) is 0 Å². The summed E-state index contributed by atoms with van der Waals surface area (Å²) in [6, 6.07) is 14.3. The van der Waals surface area contributed by atoms with E-state index in [9.17, 15) is 0 Å². The molecule has 0 unspecified atom stereocenters. The van der Waals surface area contributed by atoms with Gasteiger partial charge in [0, 0.05) is 22.8 Å². The van der Waals surface area contributed by atoms with Crippen molar-refractivity contribution < 1.29 is 0 Å². The van der Waals surface area contributed by atoms with E-state index in [4.69, 9.17) is 0 Å². The Balaban J connectivity index is 2.40. The highest BCUT2D eigenvalue weighted by molar-refractivity contribution is 9.10. The molecular formula is C15H15BrN2. The van der Waals surface area contributed by atoms with Gasteiger partial charge in [0.2, 0.25) is 0 Å². The number of aromatic nitrogens is 1. The summed E-state index contributed by atoms with van der Waals surface area (Å²) in [6.45, 7) is 0.821. The first-order valence-corrected chi connectivity index (χ1v) is 6.62. The smallest absolute Gasteiger partial charge is 0.0705 e. The molecule has 0 saturated carbocycles. The molecule has 0 fully saturated rings. The average Bonchev–Trinajstić information content (AvgIpc) is 2.42. The zero-order valence-corrected chi connectivity index (χ0v) is 11.8. The second kappa shape index (κ2) is 6.47. The summed E-state index contributed by atoms with van der Waals surface area (Å²) in [5, 5.41) is 3.14. The fraction of sp³-hybridized carbons (Fsp3) is 0.133. The third kappa shape index (κ3) is 3.28. The lowest BCUT2D eigenvalue weighted by atomic mass is 10.0. The fourth-order valence-corrected chi connectivity index (χ4v) is 1.99. The highest BCUT2D eigenvalue weighted by atomic mass is 79.9. The van der Waals surface area contributed by atoms with Gasteiger partial charge >= 0.3 is 0 Å². The quantitative estimate of drug-likeness (QED) is 0.935. The molecule has 0 amide bonds. The van der Waals surface area contributed by atoms with Gasteiger partial charge in [0.1, 0.15) is 0 Å². The number of nitrogens with one attached hydrogen (secondary N) is 1. The number of likely N-dealkylation sites (N-methyl/N-ethyl adjacent to an activating group) is 1. The number of pyridine rings is 1. The Bertz CT molecular complexity index is 518. The van der Waals surface area contributed by atoms with E-state index in [2.05, 4.69) is 44.4 Å². The van der Waals surface area contributed by atoms with Crippen molar-refractivity contribution in [2.24, 2.45) is 0 Å². The van der Waals surface area contributed by atoms with E-state index in [0.717, 1.165) is 22.3 Å². The van der Waals surface area contributed by atoms with Crippen LogP contribution >= 0.6 is 15.9 Å². The van der Waals surface area contributed by atoms with Crippen LogP contribution in [0.2, 0.25) is 0 Å². The summed E-state index contributed by atoms with van der Waals surface area (Å²) < 4.78 is 1.08. The van der Waals surface area contributed by atoms with Gasteiger partial charge in [-0.05, 0) is 36.9 Å². The average molecular weight is 303 g/mol. The van der Waals surface area contributed by atoms with Gasteiger partial charge in [-0.25, -0.2) is 0 Å². The summed E-state index contributed by atoms with van der Waals surface area (Å²) in [5.74, 6) is 0. The van der Waals surface area contributed by atoms with Crippen molar-refractivity contribution in [1.82, 2.24) is 10.3 Å². The number of rotatable bonds is 4. The van der Waals surface area contributed by atoms with Crippen LogP contribution in [0.5, 0.6) is 0 Å². The molecule has 0 aliphatic rings. The standard InChI is InChI=1S/C15H15BrN2/c1-17-11-9-14(15-4-2-3-10-18-15)12-5-7-13(16)8-6-12/h2-10,17H,11H2,1H3/b14-9+. The topological polar surface area (TPSA) is 24.9 Å². The lowest BCUT2D eigenvalue weighted by Gasteiger charge is -2.08. The molecule has 1 heterocycles. The molecule has 18 heavy (non-hydrogen) atoms. The third-order valence-electron chi connectivity index (χ3n) is 2.61. The first-order chi connectivity index (χ1) is 8.81. The molecule has 1 N–H and O–H groups in total. The van der Waals surface area contributed by atoms with Gasteiger partial charge in [-0.1, -0.05) is 40.2 Å². The predicted octanol–water partition coefficient (Wildman–Crippen LogP) is 3.50. The second-order valence-corrected chi connectivity index (χ2v) is 4.81. The van der Waals surface area contributed by atoms with Gasteiger partial charge in [-0.3, -0.25) is 4.98 Å². The van der Waals surface area contributed by atoms with E-state index in [0.29, 0.717) is 0 Å². The molecule has 0 bridgehead atoms. The number of hydrogen-bond acceptors (Lipinski definition) is 2. The monoisotopic (exact) mass is 302 g/mol. The summed E-state index contributed by atoms with van der Waals surface area (Å²) in [4.78, 5) is 4.42. The zero-order valence-electron chi connectivity index (χ0n) is 10.2. The van der Waals surface area contributed by atoms with Crippen LogP contribution in [0.1, 0.15) is 11.3 Å². The molecule has 1 aromatic carbocycles. The molecule has 0 radical (unpaired) electrons. The minimum absolute atomic E-state index is 0.821. The number of benzene rings is 1. The predicted molar refractivity (Wildman–Crippen MR) is 79.4 cm³/mol. The Hall–Kier alpha value is -1.45. The molecule has 1 aromatic heterocycles. The molecule has 0 saturated heterocycles. The van der Waals surface area contributed by atoms with Crippen LogP contribution in [0, 0.1) is 0 Å². The van der Waals surface area contributed by atoms with Gasteiger partial charge in [-0.15, -0.1) is 0 Å². The summed E-state index contributed by atoms with van der Waals surface area (Å²) >= 11 is 3.46. The van der Waals surface area contributed by atoms with Gasteiger partial charge in [-0.2, -0.15) is 0 Å². The van der Waals surface area contributed by atoms with E-state index in [-0.39, 0.29) is 0 Å². The van der Waals surface area contributed by atoms with E-state index in [1.807, 2.05) is 43.6 Å². The first kappa shape index (κ1) is 13.0. The van der Waals surface area contributed by atoms with Crippen molar-refractivity contribution in [3.05, 3.63) is 70.5 Å². The summed E-state index contributed by atoms with van der Waals surface area (Å²) in [6.07, 6.45) is 3.98. The van der Waals surface area contributed by atoms with Crippen molar-refractivity contribution >= 4 is 21.5 Å². The molecule has 3 heteroatoms. The lowest BCUT2D eigenvalue weighted by Crippen LogP contribution is -2.05. The molecule has 0 aliphatic heterocycles. The SMILES string of the molecule is CNC/C=C(\c1ccc(Br)cc1)c1ccccn1. The van der Waals surface area contributed by atoms with Crippen molar-refractivity contribution in [1.29, 1.82) is 0 Å². The fourth-order valence-electron chi connectivity index (χ4n) is 1.73. The van der Waals surface area contributed by atoms with Crippen LogP contribution in [0.15, 0.2) is 59.2 Å². The largest absolute Gasteiger partial charge is 0.316 e. The Morgan fingerprint density at radius 3 is 2.61 bits per heavy atom. The first-order valence-electron chi connectivity index (χ1n) is 5.83. The van der Waals surface area contributed by atoms with Crippen LogP contribution in [-0.2, 0) is 0 Å². The summed E-state index contributed by atoms with van der Waals surface area (Å²) in [7, 11) is 1.94. The summed E-state index contributed by atoms with van der Waals surface area (Å²) in [5.41, 5.74) is 3.32. The van der Waals surface area contributed by atoms with Crippen molar-refractivity contribution in [2.75, 3.05) is 13.6 Å². The highest BCUT2D eigenvalue weighted by Gasteiger charge is 2.05. The van der Waals surface area contributed by atoms with Crippen LogP contribution in [0.3, 0.4) is 0 Å². The maximum Gasteiger partial charge on any atom is 0.0705 e. The Morgan fingerprint density at radius 2 is 2.00 bits per heavy atom. The minimum Gasteiger partial charge on any atom is -0.316 e. The molecule has 2 nitrogen and oxygen atoms in total. The van der Waals surface area contributed by atoms with Gasteiger partial charge in [0.25, 0.3) is 0 Å². The zero-order chi connectivity index (χ0) is 12.8. The lowest BCUT2D eigenvalue weighted by molar-refractivity contribution is 0.920. The molecule has 2 aromatic rings. The Kier molecular flexibility index (Phi) is 4.67. The maximum atomic E-state index is 4.42. The van der Waals surface area contributed by atoms with Gasteiger partial charge in [0.15, 0.2) is 0 Å². The van der Waals surface area contributed by atoms with Crippen molar-refractivity contribution in [3.8, 4) is 0 Å². The molecular weight excluding hydrogens is 288 g/mol. The van der Waals surface area contributed by atoms with Gasteiger partial charge < -0.3 is 5.32 Å². The Labute approximate surface area is 116 Å². The van der Waals surface area contributed by atoms with Crippen LogP contribution in [0.4, 0.5) is 0 Å². The maximum absolute atomic E-state index is 4.42. The minimum atomic E-state index is 0.821. The second-order valence-electron chi connectivity index (χ2n) is 3.90. The molecule has 0 atom stereocenters. The molecule has 0 spiro atoms. The van der Waals surface area contributed by atoms with Gasteiger partial charge in [0.05, 0.1) is 5.69 Å². The molecule has 2 rings (SSSR count). The van der Waals surface area contributed by atoms with Crippen LogP contribution in [-0.4, -0.2) is 18.6 Å². The van der Waals surface area contributed by atoms with Crippen LogP contribution in [0.25, 0.3) is 5.57 Å². The van der Waals surface area contributed by atoms with E-state index >= 15 is 0 Å². The van der Waals surface area contributed by atoms with Crippen molar-refractivity contribution in [3.63, 3.8) is 0 Å². The van der Waals surface area contributed by atoms with E-state index < -0.39 is 0 Å².